The van der Waals surface area contributed by atoms with E-state index in [-0.39, 0.29) is 5.56 Å². The topological polar surface area (TPSA) is 22.0 Å². The molecule has 0 aliphatic carbocycles. The standard InChI is InChI=1S/C7H9NOS/c1-4-8-6(3)10-5(2)7(8)9/h2-4H2,1H3. The number of hydrogen-bond acceptors (Lipinski definition) is 2. The Kier molecular flexibility index (Phi) is 1.76. The molecule has 3 heteroatoms. The van der Waals surface area contributed by atoms with E-state index in [1.165, 1.54) is 11.3 Å². The molecule has 0 aliphatic rings. The SMILES string of the molecule is C=c1sc(=C)n(CC)c1=O. The average Bonchev–Trinajstić information content (AvgIpc) is 2.09. The van der Waals surface area contributed by atoms with Crippen LogP contribution in [0.1, 0.15) is 6.92 Å². The molecule has 0 aliphatic heterocycles. The molecule has 54 valence electrons. The summed E-state index contributed by atoms with van der Waals surface area (Å²) in [5, 5.41) is 0. The molecule has 0 saturated heterocycles. The van der Waals surface area contributed by atoms with Crippen LogP contribution in [0.25, 0.3) is 13.2 Å². The van der Waals surface area contributed by atoms with E-state index in [0.717, 1.165) is 4.66 Å². The molecule has 2 nitrogen and oxygen atoms in total. The highest BCUT2D eigenvalue weighted by Gasteiger charge is 1.96. The van der Waals surface area contributed by atoms with Crippen molar-refractivity contribution >= 4 is 24.5 Å². The summed E-state index contributed by atoms with van der Waals surface area (Å²) in [5.41, 5.74) is -0.00231. The quantitative estimate of drug-likeness (QED) is 0.548. The molecule has 0 N–H and O–H groups in total. The highest BCUT2D eigenvalue weighted by molar-refractivity contribution is 7.07. The molecular weight excluding hydrogens is 146 g/mol. The molecule has 0 radical (unpaired) electrons. The molecule has 1 aromatic rings. The summed E-state index contributed by atoms with van der Waals surface area (Å²) >= 11 is 1.35. The lowest BCUT2D eigenvalue weighted by molar-refractivity contribution is 0.724. The first-order chi connectivity index (χ1) is 4.66. The minimum atomic E-state index is -0.00231. The Labute approximate surface area is 62.7 Å². The summed E-state index contributed by atoms with van der Waals surface area (Å²) in [5.74, 6) is 0. The van der Waals surface area contributed by atoms with Crippen molar-refractivity contribution in [3.05, 3.63) is 19.5 Å². The highest BCUT2D eigenvalue weighted by atomic mass is 32.1. The normalized spacial score (nSPS) is 10.1. The van der Waals surface area contributed by atoms with Crippen LogP contribution in [0.3, 0.4) is 0 Å². The van der Waals surface area contributed by atoms with Crippen molar-refractivity contribution in [1.29, 1.82) is 0 Å². The van der Waals surface area contributed by atoms with Crippen molar-refractivity contribution in [2.45, 2.75) is 13.5 Å². The van der Waals surface area contributed by atoms with Gasteiger partial charge in [-0.2, -0.15) is 0 Å². The van der Waals surface area contributed by atoms with Gasteiger partial charge in [-0.25, -0.2) is 0 Å². The van der Waals surface area contributed by atoms with E-state index in [2.05, 4.69) is 13.2 Å². The van der Waals surface area contributed by atoms with E-state index in [4.69, 9.17) is 0 Å². The maximum Gasteiger partial charge on any atom is 0.268 e. The lowest BCUT2D eigenvalue weighted by atomic mass is 10.6. The van der Waals surface area contributed by atoms with E-state index in [1.54, 1.807) is 4.57 Å². The third kappa shape index (κ3) is 0.926. The lowest BCUT2D eigenvalue weighted by Gasteiger charge is -1.90. The fourth-order valence-electron chi connectivity index (χ4n) is 0.825. The summed E-state index contributed by atoms with van der Waals surface area (Å²) in [4.78, 5) is 11.1. The number of hydrogen-bond donors (Lipinski definition) is 0. The maximum absolute atomic E-state index is 11.1. The second kappa shape index (κ2) is 2.42. The van der Waals surface area contributed by atoms with Gasteiger partial charge in [0, 0.05) is 6.54 Å². The van der Waals surface area contributed by atoms with Gasteiger partial charge in [-0.15, -0.1) is 11.3 Å². The number of thiazole rings is 1. The smallest absolute Gasteiger partial charge is 0.268 e. The van der Waals surface area contributed by atoms with Crippen LogP contribution < -0.4 is 14.8 Å². The van der Waals surface area contributed by atoms with E-state index < -0.39 is 0 Å². The van der Waals surface area contributed by atoms with E-state index in [9.17, 15) is 4.79 Å². The molecule has 0 atom stereocenters. The fraction of sp³-hybridized carbons (Fsp3) is 0.286. The summed E-state index contributed by atoms with van der Waals surface area (Å²) < 4.78 is 2.98. The Morgan fingerprint density at radius 1 is 1.60 bits per heavy atom. The van der Waals surface area contributed by atoms with Gasteiger partial charge in [-0.3, -0.25) is 9.36 Å². The van der Waals surface area contributed by atoms with Gasteiger partial charge < -0.3 is 0 Å². The van der Waals surface area contributed by atoms with Crippen molar-refractivity contribution in [3.63, 3.8) is 0 Å². The Morgan fingerprint density at radius 2 is 2.20 bits per heavy atom. The van der Waals surface area contributed by atoms with Gasteiger partial charge in [0.1, 0.15) is 0 Å². The van der Waals surface area contributed by atoms with Crippen LogP contribution in [0.4, 0.5) is 0 Å². The molecule has 1 rings (SSSR count). The first-order valence-electron chi connectivity index (χ1n) is 3.04. The molecular formula is C7H9NOS. The van der Waals surface area contributed by atoms with Gasteiger partial charge >= 0.3 is 0 Å². The molecule has 0 aromatic carbocycles. The van der Waals surface area contributed by atoms with Crippen LogP contribution in [-0.4, -0.2) is 4.57 Å². The molecule has 0 amide bonds. The van der Waals surface area contributed by atoms with Gasteiger partial charge in [0.05, 0.1) is 9.20 Å². The van der Waals surface area contributed by atoms with E-state index >= 15 is 0 Å². The van der Waals surface area contributed by atoms with Crippen molar-refractivity contribution in [2.24, 2.45) is 0 Å². The lowest BCUT2D eigenvalue weighted by Crippen LogP contribution is -2.29. The first-order valence-corrected chi connectivity index (χ1v) is 3.86. The number of nitrogens with zero attached hydrogens (tertiary/aromatic N) is 1. The molecule has 10 heavy (non-hydrogen) atoms. The van der Waals surface area contributed by atoms with Gasteiger partial charge in [0.25, 0.3) is 5.56 Å². The van der Waals surface area contributed by atoms with Crippen LogP contribution in [0.5, 0.6) is 0 Å². The molecule has 0 unspecified atom stereocenters. The number of aromatic nitrogens is 1. The maximum atomic E-state index is 11.1. The predicted molar refractivity (Wildman–Crippen MR) is 44.5 cm³/mol. The van der Waals surface area contributed by atoms with Crippen LogP contribution in [0, 0.1) is 0 Å². The van der Waals surface area contributed by atoms with Crippen molar-refractivity contribution in [1.82, 2.24) is 4.57 Å². The van der Waals surface area contributed by atoms with Crippen molar-refractivity contribution in [2.75, 3.05) is 0 Å². The Hall–Kier alpha value is -0.830. The van der Waals surface area contributed by atoms with Crippen LogP contribution in [-0.2, 0) is 6.54 Å². The zero-order valence-corrected chi connectivity index (χ0v) is 6.70. The van der Waals surface area contributed by atoms with Crippen molar-refractivity contribution < 1.29 is 0 Å². The average molecular weight is 155 g/mol. The summed E-state index contributed by atoms with van der Waals surface area (Å²) in [7, 11) is 0. The molecule has 0 bridgehead atoms. The van der Waals surface area contributed by atoms with Gasteiger partial charge in [0.2, 0.25) is 0 Å². The van der Waals surface area contributed by atoms with Crippen molar-refractivity contribution in [3.8, 4) is 0 Å². The Bertz CT molecular complexity index is 373. The van der Waals surface area contributed by atoms with Crippen LogP contribution in [0.15, 0.2) is 4.79 Å². The summed E-state index contributed by atoms with van der Waals surface area (Å²) in [6.45, 7) is 9.91. The minimum absolute atomic E-state index is 0.00231. The number of rotatable bonds is 1. The van der Waals surface area contributed by atoms with Crippen LogP contribution >= 0.6 is 11.3 Å². The molecule has 0 fully saturated rings. The largest absolute Gasteiger partial charge is 0.300 e. The molecule has 1 aromatic heterocycles. The first kappa shape index (κ1) is 7.28. The second-order valence-corrected chi connectivity index (χ2v) is 3.14. The zero-order chi connectivity index (χ0) is 7.72. The molecule has 0 saturated carbocycles. The Balaban J connectivity index is 3.66. The van der Waals surface area contributed by atoms with Gasteiger partial charge in [0.15, 0.2) is 0 Å². The zero-order valence-electron chi connectivity index (χ0n) is 5.89. The third-order valence-corrected chi connectivity index (χ3v) is 2.22. The van der Waals surface area contributed by atoms with E-state index in [0.29, 0.717) is 11.1 Å². The molecule has 1 heterocycles. The van der Waals surface area contributed by atoms with Gasteiger partial charge in [-0.05, 0) is 6.92 Å². The summed E-state index contributed by atoms with van der Waals surface area (Å²) in [6, 6.07) is 0. The fourth-order valence-corrected chi connectivity index (χ4v) is 1.63. The predicted octanol–water partition coefficient (Wildman–Crippen LogP) is -0.250. The highest BCUT2D eigenvalue weighted by Crippen LogP contribution is 1.71. The molecule has 0 spiro atoms. The monoisotopic (exact) mass is 155 g/mol. The minimum Gasteiger partial charge on any atom is -0.300 e. The van der Waals surface area contributed by atoms with Gasteiger partial charge in [-0.1, -0.05) is 13.2 Å². The van der Waals surface area contributed by atoms with E-state index in [1.807, 2.05) is 6.92 Å². The second-order valence-electron chi connectivity index (χ2n) is 1.97. The van der Waals surface area contributed by atoms with Crippen LogP contribution in [0.2, 0.25) is 0 Å². The summed E-state index contributed by atoms with van der Waals surface area (Å²) in [6.07, 6.45) is 0. The Morgan fingerprint density at radius 3 is 2.40 bits per heavy atom. The third-order valence-electron chi connectivity index (χ3n) is 1.34.